The Kier molecular flexibility index (Phi) is 4.28. The van der Waals surface area contributed by atoms with E-state index < -0.39 is 0 Å². The first-order valence-electron chi connectivity index (χ1n) is 6.65. The molecule has 0 fully saturated rings. The number of aromatic nitrogens is 2. The molecule has 2 rings (SSSR count). The number of aryl methyl sites for hydroxylation is 1. The fourth-order valence-corrected chi connectivity index (χ4v) is 3.36. The summed E-state index contributed by atoms with van der Waals surface area (Å²) < 4.78 is 2.19. The van der Waals surface area contributed by atoms with Crippen molar-refractivity contribution in [3.05, 3.63) is 23.0 Å². The Morgan fingerprint density at radius 2 is 2.16 bits per heavy atom. The quantitative estimate of drug-likeness (QED) is 0.882. The van der Waals surface area contributed by atoms with Crippen molar-refractivity contribution < 1.29 is 0 Å². The van der Waals surface area contributed by atoms with Gasteiger partial charge in [0.25, 0.3) is 0 Å². The predicted molar refractivity (Wildman–Crippen MR) is 81.8 cm³/mol. The predicted octanol–water partition coefficient (Wildman–Crippen LogP) is 2.38. The Labute approximate surface area is 119 Å². The van der Waals surface area contributed by atoms with Crippen molar-refractivity contribution in [1.82, 2.24) is 19.6 Å². The fourth-order valence-electron chi connectivity index (χ4n) is 2.58. The third-order valence-electron chi connectivity index (χ3n) is 3.20. The lowest BCUT2D eigenvalue weighted by atomic mass is 9.93. The monoisotopic (exact) mass is 280 g/mol. The van der Waals surface area contributed by atoms with Gasteiger partial charge in [-0.3, -0.25) is 4.40 Å². The van der Waals surface area contributed by atoms with Crippen molar-refractivity contribution in [2.75, 3.05) is 27.2 Å². The highest BCUT2D eigenvalue weighted by Crippen LogP contribution is 2.18. The highest BCUT2D eigenvalue weighted by molar-refractivity contribution is 7.15. The molecule has 0 saturated heterocycles. The minimum Gasteiger partial charge on any atom is -0.311 e. The fraction of sp³-hybridized carbons (Fsp3) is 0.643. The highest BCUT2D eigenvalue weighted by Gasteiger charge is 2.19. The van der Waals surface area contributed by atoms with E-state index in [1.165, 1.54) is 5.69 Å². The second kappa shape index (κ2) is 5.61. The van der Waals surface area contributed by atoms with Gasteiger partial charge in [0.15, 0.2) is 4.96 Å². The van der Waals surface area contributed by atoms with Crippen LogP contribution in [0.2, 0.25) is 0 Å². The summed E-state index contributed by atoms with van der Waals surface area (Å²) in [7, 11) is 4.25. The molecule has 0 aromatic carbocycles. The van der Waals surface area contributed by atoms with Crippen molar-refractivity contribution in [3.63, 3.8) is 0 Å². The van der Waals surface area contributed by atoms with Crippen LogP contribution in [0.5, 0.6) is 0 Å². The third kappa shape index (κ3) is 3.55. The molecule has 0 atom stereocenters. The number of thiazole rings is 1. The lowest BCUT2D eigenvalue weighted by molar-refractivity contribution is 0.232. The molecule has 4 nitrogen and oxygen atoms in total. The number of hydrogen-bond acceptors (Lipinski definition) is 4. The van der Waals surface area contributed by atoms with Gasteiger partial charge in [-0.05, 0) is 26.4 Å². The van der Waals surface area contributed by atoms with Crippen LogP contribution in [0.1, 0.15) is 25.2 Å². The Balaban J connectivity index is 1.95. The van der Waals surface area contributed by atoms with Crippen molar-refractivity contribution in [2.45, 2.75) is 27.3 Å². The number of fused-ring (bicyclic) bond motifs is 1. The van der Waals surface area contributed by atoms with Crippen LogP contribution in [0.3, 0.4) is 0 Å². The third-order valence-corrected chi connectivity index (χ3v) is 3.96. The molecule has 0 aliphatic heterocycles. The summed E-state index contributed by atoms with van der Waals surface area (Å²) >= 11 is 1.69. The molecule has 0 unspecified atom stereocenters. The van der Waals surface area contributed by atoms with Crippen LogP contribution >= 0.6 is 11.3 Å². The molecular weight excluding hydrogens is 256 g/mol. The topological polar surface area (TPSA) is 32.6 Å². The number of rotatable bonds is 6. The van der Waals surface area contributed by atoms with Crippen molar-refractivity contribution in [3.8, 4) is 0 Å². The van der Waals surface area contributed by atoms with Gasteiger partial charge < -0.3 is 10.2 Å². The zero-order valence-electron chi connectivity index (χ0n) is 12.5. The molecule has 0 amide bonds. The van der Waals surface area contributed by atoms with E-state index in [9.17, 15) is 0 Å². The van der Waals surface area contributed by atoms with E-state index >= 15 is 0 Å². The molecular formula is C14H24N4S. The molecule has 2 aromatic rings. The first kappa shape index (κ1) is 14.5. The molecule has 0 bridgehead atoms. The van der Waals surface area contributed by atoms with Crippen molar-refractivity contribution in [2.24, 2.45) is 5.41 Å². The van der Waals surface area contributed by atoms with Crippen LogP contribution in [0.25, 0.3) is 4.96 Å². The summed E-state index contributed by atoms with van der Waals surface area (Å²) in [6, 6.07) is 0. The van der Waals surface area contributed by atoms with Crippen LogP contribution < -0.4 is 5.32 Å². The summed E-state index contributed by atoms with van der Waals surface area (Å²) in [5.74, 6) is 0. The maximum absolute atomic E-state index is 4.57. The standard InChI is InChI=1S/C14H24N4S/c1-11-12(18-6-7-19-13(18)16-11)8-15-9-14(2,3)10-17(4)5/h6-7,15H,8-10H2,1-5H3. The zero-order chi connectivity index (χ0) is 14.0. The number of imidazole rings is 1. The van der Waals surface area contributed by atoms with E-state index in [2.05, 4.69) is 66.0 Å². The summed E-state index contributed by atoms with van der Waals surface area (Å²) in [6.07, 6.45) is 2.10. The van der Waals surface area contributed by atoms with Gasteiger partial charge in [0.2, 0.25) is 0 Å². The SMILES string of the molecule is Cc1nc2sccn2c1CNCC(C)(C)CN(C)C. The maximum atomic E-state index is 4.57. The van der Waals surface area contributed by atoms with E-state index in [4.69, 9.17) is 0 Å². The molecule has 5 heteroatoms. The van der Waals surface area contributed by atoms with Gasteiger partial charge in [-0.25, -0.2) is 4.98 Å². The van der Waals surface area contributed by atoms with Gasteiger partial charge >= 0.3 is 0 Å². The lowest BCUT2D eigenvalue weighted by Crippen LogP contribution is -2.37. The Hall–Kier alpha value is -0.910. The summed E-state index contributed by atoms with van der Waals surface area (Å²) in [4.78, 5) is 7.89. The summed E-state index contributed by atoms with van der Waals surface area (Å²) in [6.45, 7) is 9.64. The van der Waals surface area contributed by atoms with E-state index in [1.807, 2.05) is 0 Å². The maximum Gasteiger partial charge on any atom is 0.194 e. The largest absolute Gasteiger partial charge is 0.311 e. The molecule has 0 radical (unpaired) electrons. The zero-order valence-corrected chi connectivity index (χ0v) is 13.3. The second-order valence-corrected chi connectivity index (χ2v) is 7.08. The number of nitrogens with zero attached hydrogens (tertiary/aromatic N) is 3. The summed E-state index contributed by atoms with van der Waals surface area (Å²) in [5, 5.41) is 5.66. The first-order chi connectivity index (χ1) is 8.89. The Morgan fingerprint density at radius 1 is 1.42 bits per heavy atom. The smallest absolute Gasteiger partial charge is 0.194 e. The molecule has 2 aromatic heterocycles. The Bertz CT molecular complexity index is 539. The molecule has 0 saturated carbocycles. The molecule has 19 heavy (non-hydrogen) atoms. The normalized spacial score (nSPS) is 12.7. The molecule has 1 N–H and O–H groups in total. The highest BCUT2D eigenvalue weighted by atomic mass is 32.1. The van der Waals surface area contributed by atoms with Gasteiger partial charge in [-0.2, -0.15) is 0 Å². The van der Waals surface area contributed by atoms with E-state index in [1.54, 1.807) is 11.3 Å². The molecule has 2 heterocycles. The minimum atomic E-state index is 0.274. The van der Waals surface area contributed by atoms with Crippen LogP contribution in [-0.2, 0) is 6.54 Å². The van der Waals surface area contributed by atoms with E-state index in [0.29, 0.717) is 0 Å². The second-order valence-electron chi connectivity index (χ2n) is 6.21. The van der Waals surface area contributed by atoms with Gasteiger partial charge in [-0.1, -0.05) is 13.8 Å². The first-order valence-corrected chi connectivity index (χ1v) is 7.53. The van der Waals surface area contributed by atoms with Gasteiger partial charge in [-0.15, -0.1) is 11.3 Å². The molecule has 106 valence electrons. The molecule has 0 aliphatic carbocycles. The lowest BCUT2D eigenvalue weighted by Gasteiger charge is -2.28. The molecule has 0 spiro atoms. The average molecular weight is 280 g/mol. The minimum absolute atomic E-state index is 0.274. The van der Waals surface area contributed by atoms with Gasteiger partial charge in [0.1, 0.15) is 0 Å². The van der Waals surface area contributed by atoms with Crippen LogP contribution in [-0.4, -0.2) is 41.5 Å². The average Bonchev–Trinajstić information content (AvgIpc) is 2.79. The van der Waals surface area contributed by atoms with Crippen molar-refractivity contribution >= 4 is 16.3 Å². The van der Waals surface area contributed by atoms with Gasteiger partial charge in [0, 0.05) is 31.2 Å². The number of hydrogen-bond donors (Lipinski definition) is 1. The van der Waals surface area contributed by atoms with Crippen molar-refractivity contribution in [1.29, 1.82) is 0 Å². The summed E-state index contributed by atoms with van der Waals surface area (Å²) in [5.41, 5.74) is 2.68. The van der Waals surface area contributed by atoms with Crippen LogP contribution in [0.15, 0.2) is 11.6 Å². The van der Waals surface area contributed by atoms with E-state index in [0.717, 1.165) is 30.3 Å². The van der Waals surface area contributed by atoms with Crippen LogP contribution in [0, 0.1) is 12.3 Å². The van der Waals surface area contributed by atoms with E-state index in [-0.39, 0.29) is 5.41 Å². The Morgan fingerprint density at radius 3 is 2.84 bits per heavy atom. The van der Waals surface area contributed by atoms with Gasteiger partial charge in [0.05, 0.1) is 11.4 Å². The number of nitrogens with one attached hydrogen (secondary N) is 1. The molecule has 0 aliphatic rings. The van der Waals surface area contributed by atoms with Crippen LogP contribution in [0.4, 0.5) is 0 Å².